The Hall–Kier alpha value is -1.62. The van der Waals surface area contributed by atoms with Crippen molar-refractivity contribution in [3.63, 3.8) is 0 Å². The predicted octanol–water partition coefficient (Wildman–Crippen LogP) is 3.37. The molecule has 1 fully saturated rings. The van der Waals surface area contributed by atoms with E-state index in [1.807, 2.05) is 42.8 Å². The lowest BCUT2D eigenvalue weighted by molar-refractivity contribution is -0.140. The Morgan fingerprint density at radius 2 is 2.00 bits per heavy atom. The summed E-state index contributed by atoms with van der Waals surface area (Å²) in [7, 11) is 0. The Kier molecular flexibility index (Phi) is 2.97. The lowest BCUT2D eigenvalue weighted by Gasteiger charge is -2.08. The summed E-state index contributed by atoms with van der Waals surface area (Å²) >= 11 is 3.52. The molecule has 5 heteroatoms. The van der Waals surface area contributed by atoms with E-state index >= 15 is 0 Å². The third-order valence-corrected chi connectivity index (χ3v) is 4.95. The van der Waals surface area contributed by atoms with E-state index in [4.69, 9.17) is 0 Å². The number of aromatic nitrogens is 2. The number of aryl methyl sites for hydroxylation is 1. The van der Waals surface area contributed by atoms with Crippen molar-refractivity contribution < 1.29 is 9.90 Å². The first-order valence-corrected chi connectivity index (χ1v) is 7.31. The van der Waals surface area contributed by atoms with E-state index in [0.29, 0.717) is 18.5 Å². The van der Waals surface area contributed by atoms with Gasteiger partial charge < -0.3 is 5.11 Å². The van der Waals surface area contributed by atoms with Crippen LogP contribution in [0.3, 0.4) is 0 Å². The summed E-state index contributed by atoms with van der Waals surface area (Å²) in [5, 5.41) is 14.0. The van der Waals surface area contributed by atoms with Crippen LogP contribution in [0.1, 0.15) is 29.8 Å². The maximum atomic E-state index is 11.5. The first kappa shape index (κ1) is 13.4. The summed E-state index contributed by atoms with van der Waals surface area (Å²) in [6.45, 7) is 3.97. The molecule has 1 saturated carbocycles. The number of hydrogen-bond acceptors (Lipinski definition) is 2. The average molecular weight is 335 g/mol. The van der Waals surface area contributed by atoms with Gasteiger partial charge in [0.2, 0.25) is 0 Å². The second kappa shape index (κ2) is 4.45. The number of benzene rings is 1. The Balaban J connectivity index is 2.17. The number of hydrogen-bond donors (Lipinski definition) is 1. The van der Waals surface area contributed by atoms with Crippen LogP contribution in [0.4, 0.5) is 0 Å². The van der Waals surface area contributed by atoms with Crippen molar-refractivity contribution in [2.45, 2.75) is 32.1 Å². The summed E-state index contributed by atoms with van der Waals surface area (Å²) in [4.78, 5) is 11.5. The smallest absolute Gasteiger partial charge is 0.315 e. The van der Waals surface area contributed by atoms with E-state index < -0.39 is 11.4 Å². The molecule has 1 aromatic carbocycles. The second-order valence-electron chi connectivity index (χ2n) is 5.33. The zero-order valence-corrected chi connectivity index (χ0v) is 12.9. The van der Waals surface area contributed by atoms with E-state index in [1.165, 1.54) is 0 Å². The minimum absolute atomic E-state index is 0.644. The number of aliphatic carboxylic acids is 1. The average Bonchev–Trinajstić information content (AvgIpc) is 3.16. The maximum Gasteiger partial charge on any atom is 0.315 e. The monoisotopic (exact) mass is 334 g/mol. The summed E-state index contributed by atoms with van der Waals surface area (Å²) in [5.41, 5.74) is 2.88. The van der Waals surface area contributed by atoms with Crippen molar-refractivity contribution in [1.82, 2.24) is 9.78 Å². The molecule has 1 aliphatic carbocycles. The van der Waals surface area contributed by atoms with Crippen molar-refractivity contribution in [1.29, 1.82) is 0 Å². The Bertz CT molecular complexity index is 702. The summed E-state index contributed by atoms with van der Waals surface area (Å²) < 4.78 is 2.64. The summed E-state index contributed by atoms with van der Waals surface area (Å²) in [5.74, 6) is -0.785. The van der Waals surface area contributed by atoms with Gasteiger partial charge in [-0.3, -0.25) is 4.79 Å². The van der Waals surface area contributed by atoms with Crippen LogP contribution in [0.2, 0.25) is 0 Å². The maximum absolute atomic E-state index is 11.5. The van der Waals surface area contributed by atoms with Crippen molar-refractivity contribution in [2.24, 2.45) is 0 Å². The van der Waals surface area contributed by atoms with E-state index in [0.717, 1.165) is 21.4 Å². The largest absolute Gasteiger partial charge is 0.481 e. The SMILES string of the molecule is Cc1ccccc1-n1nc(C2(C(=O)O)CC2)c(Br)c1C. The molecule has 20 heavy (non-hydrogen) atoms. The van der Waals surface area contributed by atoms with Crippen molar-refractivity contribution >= 4 is 21.9 Å². The molecule has 0 unspecified atom stereocenters. The van der Waals surface area contributed by atoms with Gasteiger partial charge in [-0.25, -0.2) is 4.68 Å². The van der Waals surface area contributed by atoms with E-state index in [9.17, 15) is 9.90 Å². The molecular weight excluding hydrogens is 320 g/mol. The lowest BCUT2D eigenvalue weighted by Crippen LogP contribution is -2.20. The molecular formula is C15H15BrN2O2. The highest BCUT2D eigenvalue weighted by Gasteiger charge is 2.55. The van der Waals surface area contributed by atoms with Gasteiger partial charge in [0.05, 0.1) is 21.5 Å². The third-order valence-electron chi connectivity index (χ3n) is 4.00. The molecule has 0 radical (unpaired) electrons. The number of carbonyl (C=O) groups is 1. The van der Waals surface area contributed by atoms with Gasteiger partial charge in [0.25, 0.3) is 0 Å². The van der Waals surface area contributed by atoms with E-state index in [2.05, 4.69) is 21.0 Å². The van der Waals surface area contributed by atoms with Gasteiger partial charge in [-0.1, -0.05) is 18.2 Å². The normalized spacial score (nSPS) is 16.1. The van der Waals surface area contributed by atoms with E-state index in [1.54, 1.807) is 0 Å². The molecule has 0 spiro atoms. The number of para-hydroxylation sites is 1. The molecule has 0 atom stereocenters. The van der Waals surface area contributed by atoms with Crippen molar-refractivity contribution in [3.05, 3.63) is 45.7 Å². The molecule has 3 rings (SSSR count). The topological polar surface area (TPSA) is 55.1 Å². The molecule has 1 heterocycles. The Labute approximate surface area is 125 Å². The number of nitrogens with zero attached hydrogens (tertiary/aromatic N) is 2. The fraction of sp³-hybridized carbons (Fsp3) is 0.333. The molecule has 1 N–H and O–H groups in total. The molecule has 2 aromatic rings. The zero-order valence-electron chi connectivity index (χ0n) is 11.4. The van der Waals surface area contributed by atoms with Crippen LogP contribution < -0.4 is 0 Å². The molecule has 1 aromatic heterocycles. The Morgan fingerprint density at radius 1 is 1.35 bits per heavy atom. The molecule has 4 nitrogen and oxygen atoms in total. The molecule has 104 valence electrons. The zero-order chi connectivity index (χ0) is 14.5. The second-order valence-corrected chi connectivity index (χ2v) is 6.13. The summed E-state index contributed by atoms with van der Waals surface area (Å²) in [6, 6.07) is 7.95. The molecule has 0 saturated heterocycles. The molecule has 0 amide bonds. The third kappa shape index (κ3) is 1.80. The minimum Gasteiger partial charge on any atom is -0.481 e. The highest BCUT2D eigenvalue weighted by molar-refractivity contribution is 9.10. The van der Waals surface area contributed by atoms with Crippen molar-refractivity contribution in [2.75, 3.05) is 0 Å². The van der Waals surface area contributed by atoms with Gasteiger partial charge in [-0.15, -0.1) is 0 Å². The van der Waals surface area contributed by atoms with Crippen LogP contribution in [-0.4, -0.2) is 20.9 Å². The van der Waals surface area contributed by atoms with Gasteiger partial charge >= 0.3 is 5.97 Å². The van der Waals surface area contributed by atoms with Crippen LogP contribution >= 0.6 is 15.9 Å². The molecule has 0 aliphatic heterocycles. The van der Waals surface area contributed by atoms with Crippen molar-refractivity contribution in [3.8, 4) is 5.69 Å². The van der Waals surface area contributed by atoms with Crippen LogP contribution in [-0.2, 0) is 10.2 Å². The molecule has 0 bridgehead atoms. The van der Waals surface area contributed by atoms with Gasteiger partial charge in [0.1, 0.15) is 5.41 Å². The lowest BCUT2D eigenvalue weighted by atomic mass is 10.0. The highest BCUT2D eigenvalue weighted by atomic mass is 79.9. The van der Waals surface area contributed by atoms with E-state index in [-0.39, 0.29) is 0 Å². The number of halogens is 1. The fourth-order valence-electron chi connectivity index (χ4n) is 2.50. The predicted molar refractivity (Wildman–Crippen MR) is 79.3 cm³/mol. The fourth-order valence-corrected chi connectivity index (χ4v) is 3.13. The van der Waals surface area contributed by atoms with Gasteiger partial charge in [-0.2, -0.15) is 5.10 Å². The summed E-state index contributed by atoms with van der Waals surface area (Å²) in [6.07, 6.45) is 1.32. The number of rotatable bonds is 3. The van der Waals surface area contributed by atoms with Gasteiger partial charge in [0, 0.05) is 0 Å². The minimum atomic E-state index is -0.794. The van der Waals surface area contributed by atoms with Gasteiger partial charge in [-0.05, 0) is 54.2 Å². The van der Waals surface area contributed by atoms with Crippen LogP contribution in [0.15, 0.2) is 28.7 Å². The standard InChI is InChI=1S/C15H15BrN2O2/c1-9-5-3-4-6-11(9)18-10(2)12(16)13(17-18)15(7-8-15)14(19)20/h3-6H,7-8H2,1-2H3,(H,19,20). The van der Waals surface area contributed by atoms with Crippen LogP contribution in [0.5, 0.6) is 0 Å². The Morgan fingerprint density at radius 3 is 2.55 bits per heavy atom. The van der Waals surface area contributed by atoms with Gasteiger partial charge in [0.15, 0.2) is 0 Å². The molecule has 1 aliphatic rings. The number of carboxylic acids is 1. The first-order chi connectivity index (χ1) is 9.47. The van der Waals surface area contributed by atoms with Crippen LogP contribution in [0.25, 0.3) is 5.69 Å². The first-order valence-electron chi connectivity index (χ1n) is 6.52. The van der Waals surface area contributed by atoms with Crippen LogP contribution in [0, 0.1) is 13.8 Å². The quantitative estimate of drug-likeness (QED) is 0.936. The number of carboxylic acid groups (broad SMARTS) is 1. The highest BCUT2D eigenvalue weighted by Crippen LogP contribution is 2.50.